The molecule has 0 aliphatic heterocycles. The van der Waals surface area contributed by atoms with Crippen LogP contribution in [0.2, 0.25) is 0 Å². The highest BCUT2D eigenvalue weighted by atomic mass is 79.9. The monoisotopic (exact) mass is 290 g/mol. The highest BCUT2D eigenvalue weighted by molar-refractivity contribution is 9.10. The maximum absolute atomic E-state index is 13.2. The number of nitrogens with zero attached hydrogens (tertiary/aromatic N) is 2. The molecule has 0 amide bonds. The number of halogens is 2. The Balaban J connectivity index is 2.24. The Morgan fingerprint density at radius 1 is 1.18 bits per heavy atom. The second kappa shape index (κ2) is 3.96. The lowest BCUT2D eigenvalue weighted by Crippen LogP contribution is -1.89. The van der Waals surface area contributed by atoms with Crippen LogP contribution in [-0.2, 0) is 0 Å². The molecule has 0 aliphatic carbocycles. The van der Waals surface area contributed by atoms with Crippen molar-refractivity contribution in [3.63, 3.8) is 0 Å². The molecule has 0 saturated heterocycles. The number of benzene rings is 1. The van der Waals surface area contributed by atoms with Gasteiger partial charge < -0.3 is 0 Å². The van der Waals surface area contributed by atoms with Crippen LogP contribution in [0.1, 0.15) is 0 Å². The molecule has 0 saturated carbocycles. The third kappa shape index (κ3) is 1.85. The summed E-state index contributed by atoms with van der Waals surface area (Å²) in [6.45, 7) is 0. The summed E-state index contributed by atoms with van der Waals surface area (Å²) >= 11 is 3.41. The average Bonchev–Trinajstić information content (AvgIpc) is 2.71. The fourth-order valence-corrected chi connectivity index (χ4v) is 2.17. The molecule has 0 spiro atoms. The normalized spacial score (nSPS) is 10.9. The molecule has 0 aliphatic rings. The maximum atomic E-state index is 13.2. The minimum atomic E-state index is -0.253. The van der Waals surface area contributed by atoms with Crippen LogP contribution in [0.4, 0.5) is 4.39 Å². The van der Waals surface area contributed by atoms with Crippen LogP contribution in [0.3, 0.4) is 0 Å². The van der Waals surface area contributed by atoms with E-state index in [1.54, 1.807) is 12.3 Å². The van der Waals surface area contributed by atoms with Crippen molar-refractivity contribution in [3.05, 3.63) is 59.1 Å². The molecule has 2 nitrogen and oxygen atoms in total. The SMILES string of the molecule is Fc1cccc(-c2ncc3cc(Br)ccn23)c1. The number of imidazole rings is 1. The molecule has 17 heavy (non-hydrogen) atoms. The van der Waals surface area contributed by atoms with Gasteiger partial charge in [-0.3, -0.25) is 4.40 Å². The average molecular weight is 291 g/mol. The van der Waals surface area contributed by atoms with Gasteiger partial charge in [0.05, 0.1) is 11.7 Å². The van der Waals surface area contributed by atoms with E-state index < -0.39 is 0 Å². The van der Waals surface area contributed by atoms with Crippen molar-refractivity contribution in [1.82, 2.24) is 9.38 Å². The third-order valence-electron chi connectivity index (χ3n) is 2.58. The van der Waals surface area contributed by atoms with Crippen LogP contribution in [0, 0.1) is 5.82 Å². The summed E-state index contributed by atoms with van der Waals surface area (Å²) in [5.74, 6) is 0.489. The summed E-state index contributed by atoms with van der Waals surface area (Å²) in [6, 6.07) is 10.3. The molecule has 3 rings (SSSR count). The van der Waals surface area contributed by atoms with Crippen LogP contribution < -0.4 is 0 Å². The van der Waals surface area contributed by atoms with Gasteiger partial charge in [0.15, 0.2) is 0 Å². The van der Waals surface area contributed by atoms with E-state index in [2.05, 4.69) is 20.9 Å². The van der Waals surface area contributed by atoms with Crippen LogP contribution in [0.25, 0.3) is 16.9 Å². The van der Waals surface area contributed by atoms with E-state index in [4.69, 9.17) is 0 Å². The van der Waals surface area contributed by atoms with Gasteiger partial charge in [0.2, 0.25) is 0 Å². The highest BCUT2D eigenvalue weighted by Crippen LogP contribution is 2.22. The molecular weight excluding hydrogens is 283 g/mol. The molecule has 84 valence electrons. The molecule has 0 unspecified atom stereocenters. The number of rotatable bonds is 1. The summed E-state index contributed by atoms with van der Waals surface area (Å²) in [5.41, 5.74) is 1.74. The maximum Gasteiger partial charge on any atom is 0.144 e. The molecule has 2 aromatic heterocycles. The van der Waals surface area contributed by atoms with Crippen molar-refractivity contribution >= 4 is 21.4 Å². The van der Waals surface area contributed by atoms with Gasteiger partial charge in [-0.1, -0.05) is 28.1 Å². The van der Waals surface area contributed by atoms with E-state index in [-0.39, 0.29) is 5.82 Å². The Bertz CT molecular complexity index is 691. The minimum absolute atomic E-state index is 0.253. The van der Waals surface area contributed by atoms with Gasteiger partial charge in [-0.05, 0) is 24.3 Å². The third-order valence-corrected chi connectivity index (χ3v) is 3.07. The van der Waals surface area contributed by atoms with E-state index >= 15 is 0 Å². The number of fused-ring (bicyclic) bond motifs is 1. The highest BCUT2D eigenvalue weighted by Gasteiger charge is 2.06. The van der Waals surface area contributed by atoms with Crippen molar-refractivity contribution in [1.29, 1.82) is 0 Å². The van der Waals surface area contributed by atoms with Crippen molar-refractivity contribution in [2.24, 2.45) is 0 Å². The molecule has 0 bridgehead atoms. The topological polar surface area (TPSA) is 17.3 Å². The first-order valence-electron chi connectivity index (χ1n) is 5.12. The fraction of sp³-hybridized carbons (Fsp3) is 0. The van der Waals surface area contributed by atoms with Gasteiger partial charge in [0, 0.05) is 16.2 Å². The Morgan fingerprint density at radius 3 is 2.88 bits per heavy atom. The molecule has 3 aromatic rings. The van der Waals surface area contributed by atoms with Crippen molar-refractivity contribution in [3.8, 4) is 11.4 Å². The second-order valence-electron chi connectivity index (χ2n) is 3.73. The van der Waals surface area contributed by atoms with Crippen molar-refractivity contribution in [2.75, 3.05) is 0 Å². The Hall–Kier alpha value is -1.68. The lowest BCUT2D eigenvalue weighted by atomic mass is 10.2. The number of pyridine rings is 1. The van der Waals surface area contributed by atoms with Gasteiger partial charge in [0.25, 0.3) is 0 Å². The predicted octanol–water partition coefficient (Wildman–Crippen LogP) is 3.90. The summed E-state index contributed by atoms with van der Waals surface area (Å²) in [6.07, 6.45) is 3.68. The molecule has 0 atom stereocenters. The molecule has 0 fully saturated rings. The summed E-state index contributed by atoms with van der Waals surface area (Å²) < 4.78 is 16.1. The summed E-state index contributed by atoms with van der Waals surface area (Å²) in [7, 11) is 0. The minimum Gasteiger partial charge on any atom is -0.300 e. The first kappa shape index (κ1) is 10.5. The van der Waals surface area contributed by atoms with E-state index in [1.807, 2.05) is 28.8 Å². The molecule has 0 N–H and O–H groups in total. The Kier molecular flexibility index (Phi) is 2.44. The zero-order chi connectivity index (χ0) is 11.8. The Labute approximate surface area is 106 Å². The molecule has 0 radical (unpaired) electrons. The first-order valence-corrected chi connectivity index (χ1v) is 5.92. The number of hydrogen-bond donors (Lipinski definition) is 0. The smallest absolute Gasteiger partial charge is 0.144 e. The van der Waals surface area contributed by atoms with Gasteiger partial charge >= 0.3 is 0 Å². The quantitative estimate of drug-likeness (QED) is 0.664. The molecule has 2 heterocycles. The zero-order valence-electron chi connectivity index (χ0n) is 8.77. The van der Waals surface area contributed by atoms with Crippen LogP contribution in [0.15, 0.2) is 53.3 Å². The molecular formula is C13H8BrFN2. The van der Waals surface area contributed by atoms with Crippen LogP contribution >= 0.6 is 15.9 Å². The van der Waals surface area contributed by atoms with E-state index in [0.29, 0.717) is 0 Å². The Morgan fingerprint density at radius 2 is 2.06 bits per heavy atom. The van der Waals surface area contributed by atoms with E-state index in [9.17, 15) is 4.39 Å². The van der Waals surface area contributed by atoms with Gasteiger partial charge in [0.1, 0.15) is 11.6 Å². The largest absolute Gasteiger partial charge is 0.300 e. The number of aromatic nitrogens is 2. The van der Waals surface area contributed by atoms with E-state index in [0.717, 1.165) is 21.4 Å². The van der Waals surface area contributed by atoms with Gasteiger partial charge in [-0.2, -0.15) is 0 Å². The van der Waals surface area contributed by atoms with Gasteiger partial charge in [-0.25, -0.2) is 9.37 Å². The summed E-state index contributed by atoms with van der Waals surface area (Å²) in [5, 5.41) is 0. The fourth-order valence-electron chi connectivity index (χ4n) is 1.81. The predicted molar refractivity (Wildman–Crippen MR) is 68.3 cm³/mol. The van der Waals surface area contributed by atoms with Crippen LogP contribution in [0.5, 0.6) is 0 Å². The number of hydrogen-bond acceptors (Lipinski definition) is 1. The lowest BCUT2D eigenvalue weighted by molar-refractivity contribution is 0.628. The van der Waals surface area contributed by atoms with Crippen molar-refractivity contribution in [2.45, 2.75) is 0 Å². The van der Waals surface area contributed by atoms with Crippen LogP contribution in [-0.4, -0.2) is 9.38 Å². The second-order valence-corrected chi connectivity index (χ2v) is 4.65. The van der Waals surface area contributed by atoms with Gasteiger partial charge in [-0.15, -0.1) is 0 Å². The molecule has 1 aromatic carbocycles. The molecule has 4 heteroatoms. The zero-order valence-corrected chi connectivity index (χ0v) is 10.4. The standard InChI is InChI=1S/C13H8BrFN2/c14-10-4-5-17-12(7-10)8-16-13(17)9-2-1-3-11(15)6-9/h1-8H. The lowest BCUT2D eigenvalue weighted by Gasteiger charge is -2.01. The summed E-state index contributed by atoms with van der Waals surface area (Å²) in [4.78, 5) is 4.32. The first-order chi connectivity index (χ1) is 8.24. The van der Waals surface area contributed by atoms with Crippen molar-refractivity contribution < 1.29 is 4.39 Å². The van der Waals surface area contributed by atoms with E-state index in [1.165, 1.54) is 12.1 Å².